The fourth-order valence-corrected chi connectivity index (χ4v) is 3.32. The van der Waals surface area contributed by atoms with Crippen molar-refractivity contribution in [1.82, 2.24) is 10.3 Å². The van der Waals surface area contributed by atoms with Crippen LogP contribution in [0.4, 0.5) is 0 Å². The zero-order chi connectivity index (χ0) is 13.5. The van der Waals surface area contributed by atoms with Crippen LogP contribution in [-0.2, 0) is 19.5 Å². The summed E-state index contributed by atoms with van der Waals surface area (Å²) in [6.07, 6.45) is 3.64. The third-order valence-electron chi connectivity index (χ3n) is 4.40. The van der Waals surface area contributed by atoms with Crippen LogP contribution in [0, 0.1) is 0 Å². The fourth-order valence-electron chi connectivity index (χ4n) is 3.32. The molecular weight excluding hydrogens is 248 g/mol. The number of benzene rings is 1. The summed E-state index contributed by atoms with van der Waals surface area (Å²) in [5.74, 6) is 0.163. The first-order valence-electron chi connectivity index (χ1n) is 7.13. The standard InChI is InChI=1S/C17H16N2O/c20-17(12-3-4-13-9-18-10-14(13)8-12)15-6-5-11-2-1-7-19-16(11)15/h1-4,7-8,15,18H,5-6,9-10H2. The number of ketones is 1. The van der Waals surface area contributed by atoms with Crippen LogP contribution in [0.15, 0.2) is 36.5 Å². The van der Waals surface area contributed by atoms with Crippen LogP contribution in [0.5, 0.6) is 0 Å². The number of Topliss-reactive ketones (excluding diaryl/α,β-unsaturated/α-hetero) is 1. The number of hydrogen-bond donors (Lipinski definition) is 1. The van der Waals surface area contributed by atoms with Gasteiger partial charge in [-0.25, -0.2) is 0 Å². The van der Waals surface area contributed by atoms with E-state index >= 15 is 0 Å². The first kappa shape index (κ1) is 11.8. The summed E-state index contributed by atoms with van der Waals surface area (Å²) in [6.45, 7) is 1.79. The Morgan fingerprint density at radius 3 is 3.00 bits per heavy atom. The third kappa shape index (κ3) is 1.78. The van der Waals surface area contributed by atoms with Gasteiger partial charge >= 0.3 is 0 Å². The van der Waals surface area contributed by atoms with E-state index in [2.05, 4.69) is 28.5 Å². The average Bonchev–Trinajstić information content (AvgIpc) is 3.12. The number of nitrogens with one attached hydrogen (secondary N) is 1. The van der Waals surface area contributed by atoms with E-state index in [1.807, 2.05) is 12.1 Å². The van der Waals surface area contributed by atoms with Crippen molar-refractivity contribution in [2.75, 3.05) is 0 Å². The van der Waals surface area contributed by atoms with Crippen molar-refractivity contribution in [2.24, 2.45) is 0 Å². The minimum absolute atomic E-state index is 0.0568. The summed E-state index contributed by atoms with van der Waals surface area (Å²) in [6, 6.07) is 10.1. The van der Waals surface area contributed by atoms with Crippen LogP contribution >= 0.6 is 0 Å². The number of carbonyl (C=O) groups is 1. The van der Waals surface area contributed by atoms with E-state index in [-0.39, 0.29) is 11.7 Å². The quantitative estimate of drug-likeness (QED) is 0.848. The maximum Gasteiger partial charge on any atom is 0.171 e. The highest BCUT2D eigenvalue weighted by Crippen LogP contribution is 2.34. The van der Waals surface area contributed by atoms with Gasteiger partial charge in [-0.05, 0) is 41.7 Å². The van der Waals surface area contributed by atoms with Gasteiger partial charge in [0.05, 0.1) is 11.6 Å². The highest BCUT2D eigenvalue weighted by Gasteiger charge is 2.30. The molecule has 1 N–H and O–H groups in total. The molecule has 2 aliphatic rings. The molecule has 3 heteroatoms. The molecule has 2 aromatic rings. The lowest BCUT2D eigenvalue weighted by Gasteiger charge is -2.10. The first-order valence-corrected chi connectivity index (χ1v) is 7.13. The third-order valence-corrected chi connectivity index (χ3v) is 4.40. The Bertz CT molecular complexity index is 693. The summed E-state index contributed by atoms with van der Waals surface area (Å²) < 4.78 is 0. The average molecular weight is 264 g/mol. The van der Waals surface area contributed by atoms with Gasteiger partial charge in [0.1, 0.15) is 0 Å². The second-order valence-corrected chi connectivity index (χ2v) is 5.59. The second-order valence-electron chi connectivity index (χ2n) is 5.59. The van der Waals surface area contributed by atoms with Crippen molar-refractivity contribution >= 4 is 5.78 Å². The number of fused-ring (bicyclic) bond motifs is 2. The molecule has 3 nitrogen and oxygen atoms in total. The molecule has 0 fully saturated rings. The molecular formula is C17H16N2O. The Morgan fingerprint density at radius 2 is 2.05 bits per heavy atom. The molecule has 2 heterocycles. The van der Waals surface area contributed by atoms with E-state index in [1.54, 1.807) is 6.20 Å². The van der Waals surface area contributed by atoms with Gasteiger partial charge in [-0.3, -0.25) is 9.78 Å². The Labute approximate surface area is 118 Å². The number of aromatic nitrogens is 1. The topological polar surface area (TPSA) is 42.0 Å². The molecule has 4 rings (SSSR count). The number of nitrogens with zero attached hydrogens (tertiary/aromatic N) is 1. The van der Waals surface area contributed by atoms with Crippen LogP contribution in [-0.4, -0.2) is 10.8 Å². The lowest BCUT2D eigenvalue weighted by molar-refractivity contribution is 0.0958. The van der Waals surface area contributed by atoms with E-state index in [4.69, 9.17) is 0 Å². The number of rotatable bonds is 2. The van der Waals surface area contributed by atoms with Gasteiger partial charge in [0.25, 0.3) is 0 Å². The van der Waals surface area contributed by atoms with Crippen LogP contribution in [0.3, 0.4) is 0 Å². The molecule has 1 atom stereocenters. The molecule has 0 spiro atoms. The summed E-state index contributed by atoms with van der Waals surface area (Å²) in [5.41, 5.74) is 5.61. The fraction of sp³-hybridized carbons (Fsp3) is 0.294. The molecule has 0 saturated heterocycles. The van der Waals surface area contributed by atoms with Crippen LogP contribution in [0.2, 0.25) is 0 Å². The summed E-state index contributed by atoms with van der Waals surface area (Å²) in [5, 5.41) is 3.32. The SMILES string of the molecule is O=C(c1ccc2c(c1)CNC2)C1CCc2cccnc21. The van der Waals surface area contributed by atoms with Gasteiger partial charge in [-0.15, -0.1) is 0 Å². The van der Waals surface area contributed by atoms with Crippen molar-refractivity contribution in [1.29, 1.82) is 0 Å². The molecule has 0 amide bonds. The van der Waals surface area contributed by atoms with Gasteiger partial charge < -0.3 is 5.32 Å². The lowest BCUT2D eigenvalue weighted by Crippen LogP contribution is -2.11. The number of pyridine rings is 1. The maximum atomic E-state index is 12.7. The minimum Gasteiger partial charge on any atom is -0.309 e. The van der Waals surface area contributed by atoms with Gasteiger partial charge in [0.15, 0.2) is 5.78 Å². The van der Waals surface area contributed by atoms with Crippen molar-refractivity contribution in [3.05, 3.63) is 64.5 Å². The van der Waals surface area contributed by atoms with Gasteiger partial charge in [-0.1, -0.05) is 18.2 Å². The van der Waals surface area contributed by atoms with E-state index in [0.29, 0.717) is 0 Å². The highest BCUT2D eigenvalue weighted by atomic mass is 16.1. The Morgan fingerprint density at radius 1 is 1.15 bits per heavy atom. The Balaban J connectivity index is 1.68. The number of carbonyl (C=O) groups excluding carboxylic acids is 1. The number of hydrogen-bond acceptors (Lipinski definition) is 3. The molecule has 1 unspecified atom stereocenters. The van der Waals surface area contributed by atoms with Crippen molar-refractivity contribution in [3.8, 4) is 0 Å². The molecule has 0 bridgehead atoms. The largest absolute Gasteiger partial charge is 0.309 e. The Hall–Kier alpha value is -2.00. The second kappa shape index (κ2) is 4.53. The van der Waals surface area contributed by atoms with Gasteiger partial charge in [0, 0.05) is 24.8 Å². The number of aryl methyl sites for hydroxylation is 1. The van der Waals surface area contributed by atoms with E-state index in [0.717, 1.165) is 37.2 Å². The van der Waals surface area contributed by atoms with Crippen LogP contribution in [0.1, 0.15) is 45.1 Å². The zero-order valence-electron chi connectivity index (χ0n) is 11.2. The van der Waals surface area contributed by atoms with Crippen LogP contribution in [0.25, 0.3) is 0 Å². The molecule has 0 radical (unpaired) electrons. The molecule has 1 aromatic carbocycles. The molecule has 100 valence electrons. The maximum absolute atomic E-state index is 12.7. The lowest BCUT2D eigenvalue weighted by atomic mass is 9.93. The molecule has 20 heavy (non-hydrogen) atoms. The van der Waals surface area contributed by atoms with Crippen molar-refractivity contribution < 1.29 is 4.79 Å². The predicted octanol–water partition coefficient (Wildman–Crippen LogP) is 2.60. The van der Waals surface area contributed by atoms with Crippen molar-refractivity contribution in [3.63, 3.8) is 0 Å². The summed E-state index contributed by atoms with van der Waals surface area (Å²) in [7, 11) is 0. The normalized spacial score (nSPS) is 19.7. The molecule has 0 saturated carbocycles. The van der Waals surface area contributed by atoms with E-state index in [9.17, 15) is 4.79 Å². The van der Waals surface area contributed by atoms with Crippen molar-refractivity contribution in [2.45, 2.75) is 31.8 Å². The zero-order valence-corrected chi connectivity index (χ0v) is 11.2. The smallest absolute Gasteiger partial charge is 0.171 e. The molecule has 1 aliphatic heterocycles. The van der Waals surface area contributed by atoms with Gasteiger partial charge in [-0.2, -0.15) is 0 Å². The molecule has 1 aliphatic carbocycles. The van der Waals surface area contributed by atoms with E-state index in [1.165, 1.54) is 16.7 Å². The predicted molar refractivity (Wildman–Crippen MR) is 76.6 cm³/mol. The monoisotopic (exact) mass is 264 g/mol. The van der Waals surface area contributed by atoms with Crippen LogP contribution < -0.4 is 5.32 Å². The minimum atomic E-state index is -0.0568. The summed E-state index contributed by atoms with van der Waals surface area (Å²) >= 11 is 0. The first-order chi connectivity index (χ1) is 9.83. The van der Waals surface area contributed by atoms with Gasteiger partial charge in [0.2, 0.25) is 0 Å². The Kier molecular flexibility index (Phi) is 2.67. The highest BCUT2D eigenvalue weighted by molar-refractivity contribution is 6.01. The summed E-state index contributed by atoms with van der Waals surface area (Å²) in [4.78, 5) is 17.2. The van der Waals surface area contributed by atoms with E-state index < -0.39 is 0 Å². The molecule has 1 aromatic heterocycles.